The van der Waals surface area contributed by atoms with E-state index in [1.165, 1.54) is 0 Å². The minimum absolute atomic E-state index is 0.00978. The quantitative estimate of drug-likeness (QED) is 0.815. The van der Waals surface area contributed by atoms with Gasteiger partial charge in [-0.3, -0.25) is 0 Å². The normalized spacial score (nSPS) is 14.3. The number of rotatable bonds is 5. The molecule has 0 fully saturated rings. The third kappa shape index (κ3) is 5.61. The molecule has 5 heteroatoms. The fourth-order valence-corrected chi connectivity index (χ4v) is 2.68. The highest BCUT2D eigenvalue weighted by Crippen LogP contribution is 2.24. The summed E-state index contributed by atoms with van der Waals surface area (Å²) in [6.45, 7) is 8.82. The van der Waals surface area contributed by atoms with Crippen molar-refractivity contribution >= 4 is 15.7 Å². The first-order valence-electron chi connectivity index (χ1n) is 6.42. The van der Waals surface area contributed by atoms with Crippen LogP contribution in [0.25, 0.3) is 0 Å². The average Bonchev–Trinajstić information content (AvgIpc) is 2.27. The smallest absolute Gasteiger partial charge is 0.215 e. The molecule has 0 amide bonds. The molecule has 108 valence electrons. The van der Waals surface area contributed by atoms with Gasteiger partial charge in [0.25, 0.3) is 0 Å². The van der Waals surface area contributed by atoms with Gasteiger partial charge in [-0.15, -0.1) is 0 Å². The second-order valence-corrected chi connectivity index (χ2v) is 7.92. The summed E-state index contributed by atoms with van der Waals surface area (Å²) in [5.74, 6) is 0.262. The molecular weight excluding hydrogens is 260 g/mol. The topological polar surface area (TPSA) is 72.2 Å². The Morgan fingerprint density at radius 2 is 1.74 bits per heavy atom. The highest BCUT2D eigenvalue weighted by atomic mass is 32.2. The van der Waals surface area contributed by atoms with E-state index in [0.717, 1.165) is 5.56 Å². The first-order chi connectivity index (χ1) is 8.60. The molecule has 0 radical (unpaired) electrons. The summed E-state index contributed by atoms with van der Waals surface area (Å²) in [6.07, 6.45) is 0. The number of hydrogen-bond acceptors (Lipinski definition) is 3. The first-order valence-corrected chi connectivity index (χ1v) is 8.07. The fraction of sp³-hybridized carbons (Fsp3) is 0.571. The lowest BCUT2D eigenvalue weighted by Crippen LogP contribution is -2.34. The third-order valence-corrected chi connectivity index (χ3v) is 4.74. The lowest BCUT2D eigenvalue weighted by molar-refractivity contribution is 0.263. The maximum absolute atomic E-state index is 12.0. The Morgan fingerprint density at radius 1 is 1.21 bits per heavy atom. The number of benzene rings is 1. The molecule has 0 aliphatic heterocycles. The van der Waals surface area contributed by atoms with E-state index in [4.69, 9.17) is 5.73 Å². The van der Waals surface area contributed by atoms with E-state index < -0.39 is 10.0 Å². The minimum Gasteiger partial charge on any atom is -0.399 e. The zero-order chi connectivity index (χ0) is 14.7. The van der Waals surface area contributed by atoms with Crippen molar-refractivity contribution in [1.29, 1.82) is 0 Å². The largest absolute Gasteiger partial charge is 0.399 e. The van der Waals surface area contributed by atoms with Crippen LogP contribution in [0.3, 0.4) is 0 Å². The SMILES string of the molecule is CC(CNS(=O)(=O)Cc1ccc(N)cc1)C(C)(C)C. The molecule has 0 heterocycles. The van der Waals surface area contributed by atoms with Crippen molar-refractivity contribution in [1.82, 2.24) is 4.72 Å². The zero-order valence-electron chi connectivity index (χ0n) is 12.1. The second-order valence-electron chi connectivity index (χ2n) is 6.12. The summed E-state index contributed by atoms with van der Waals surface area (Å²) in [4.78, 5) is 0. The lowest BCUT2D eigenvalue weighted by atomic mass is 9.82. The number of hydrogen-bond donors (Lipinski definition) is 2. The van der Waals surface area contributed by atoms with Crippen molar-refractivity contribution in [2.45, 2.75) is 33.4 Å². The second kappa shape index (κ2) is 5.92. The van der Waals surface area contributed by atoms with E-state index >= 15 is 0 Å². The number of nitrogens with two attached hydrogens (primary N) is 1. The summed E-state index contributed by atoms with van der Waals surface area (Å²) in [5, 5.41) is 0. The molecule has 0 bridgehead atoms. The van der Waals surface area contributed by atoms with Crippen molar-refractivity contribution in [3.8, 4) is 0 Å². The summed E-state index contributed by atoms with van der Waals surface area (Å²) in [6, 6.07) is 6.90. The maximum atomic E-state index is 12.0. The minimum atomic E-state index is -3.29. The zero-order valence-corrected chi connectivity index (χ0v) is 12.9. The van der Waals surface area contributed by atoms with E-state index in [2.05, 4.69) is 25.5 Å². The van der Waals surface area contributed by atoms with E-state index in [1.807, 2.05) is 6.92 Å². The fourth-order valence-electron chi connectivity index (χ4n) is 1.44. The average molecular weight is 284 g/mol. The van der Waals surface area contributed by atoms with Crippen molar-refractivity contribution < 1.29 is 8.42 Å². The van der Waals surface area contributed by atoms with Gasteiger partial charge in [-0.2, -0.15) is 0 Å². The van der Waals surface area contributed by atoms with Crippen molar-refractivity contribution in [2.24, 2.45) is 11.3 Å². The van der Waals surface area contributed by atoms with Crippen LogP contribution < -0.4 is 10.5 Å². The van der Waals surface area contributed by atoms with Gasteiger partial charge in [0.2, 0.25) is 10.0 Å². The molecule has 1 aromatic rings. The van der Waals surface area contributed by atoms with Gasteiger partial charge in [-0.1, -0.05) is 39.8 Å². The molecule has 1 atom stereocenters. The predicted octanol–water partition coefficient (Wildman–Crippen LogP) is 2.37. The van der Waals surface area contributed by atoms with Crippen molar-refractivity contribution in [2.75, 3.05) is 12.3 Å². The Hall–Kier alpha value is -1.07. The van der Waals surface area contributed by atoms with Crippen molar-refractivity contribution in [3.05, 3.63) is 29.8 Å². The van der Waals surface area contributed by atoms with E-state index in [1.54, 1.807) is 24.3 Å². The van der Waals surface area contributed by atoms with Crippen LogP contribution in [0.2, 0.25) is 0 Å². The van der Waals surface area contributed by atoms with Crippen LogP contribution in [0.4, 0.5) is 5.69 Å². The van der Waals surface area contributed by atoms with Crippen LogP contribution >= 0.6 is 0 Å². The van der Waals surface area contributed by atoms with E-state index in [0.29, 0.717) is 12.2 Å². The van der Waals surface area contributed by atoms with E-state index in [-0.39, 0.29) is 17.1 Å². The number of sulfonamides is 1. The molecule has 1 unspecified atom stereocenters. The molecule has 0 aliphatic rings. The van der Waals surface area contributed by atoms with Gasteiger partial charge in [-0.25, -0.2) is 13.1 Å². The Labute approximate surface area is 116 Å². The van der Waals surface area contributed by atoms with Gasteiger partial charge in [-0.05, 0) is 29.0 Å². The Balaban J connectivity index is 2.60. The van der Waals surface area contributed by atoms with Crippen LogP contribution in [-0.4, -0.2) is 15.0 Å². The summed E-state index contributed by atoms with van der Waals surface area (Å²) < 4.78 is 26.6. The Kier molecular flexibility index (Phi) is 4.98. The Morgan fingerprint density at radius 3 is 2.21 bits per heavy atom. The van der Waals surface area contributed by atoms with Gasteiger partial charge in [0, 0.05) is 12.2 Å². The van der Waals surface area contributed by atoms with Gasteiger partial charge >= 0.3 is 0 Å². The summed E-state index contributed by atoms with van der Waals surface area (Å²) >= 11 is 0. The number of anilines is 1. The molecule has 0 spiro atoms. The molecule has 0 saturated carbocycles. The van der Waals surface area contributed by atoms with Crippen molar-refractivity contribution in [3.63, 3.8) is 0 Å². The van der Waals surface area contributed by atoms with Gasteiger partial charge in [0.15, 0.2) is 0 Å². The molecule has 1 aromatic carbocycles. The lowest BCUT2D eigenvalue weighted by Gasteiger charge is -2.27. The molecule has 0 aromatic heterocycles. The molecular formula is C14H24N2O2S. The molecule has 4 nitrogen and oxygen atoms in total. The van der Waals surface area contributed by atoms with Gasteiger partial charge in [0.1, 0.15) is 0 Å². The van der Waals surface area contributed by atoms with Crippen LogP contribution in [0.1, 0.15) is 33.3 Å². The van der Waals surface area contributed by atoms with E-state index in [9.17, 15) is 8.42 Å². The molecule has 3 N–H and O–H groups in total. The van der Waals surface area contributed by atoms with Gasteiger partial charge in [0.05, 0.1) is 5.75 Å². The molecule has 1 rings (SSSR count). The maximum Gasteiger partial charge on any atom is 0.215 e. The number of nitrogens with one attached hydrogen (secondary N) is 1. The summed E-state index contributed by atoms with van der Waals surface area (Å²) in [7, 11) is -3.29. The first kappa shape index (κ1) is 16.0. The summed E-state index contributed by atoms with van der Waals surface area (Å²) in [5.41, 5.74) is 7.03. The monoisotopic (exact) mass is 284 g/mol. The third-order valence-electron chi connectivity index (χ3n) is 3.42. The van der Waals surface area contributed by atoms with Crippen LogP contribution in [-0.2, 0) is 15.8 Å². The highest BCUT2D eigenvalue weighted by Gasteiger charge is 2.22. The molecule has 19 heavy (non-hydrogen) atoms. The molecule has 0 saturated heterocycles. The standard InChI is InChI=1S/C14H24N2O2S/c1-11(14(2,3)4)9-16-19(17,18)10-12-5-7-13(15)8-6-12/h5-8,11,16H,9-10,15H2,1-4H3. The predicted molar refractivity (Wildman–Crippen MR) is 80.1 cm³/mol. The molecule has 0 aliphatic carbocycles. The number of nitrogen functional groups attached to an aromatic ring is 1. The van der Waals surface area contributed by atoms with Crippen LogP contribution in [0, 0.1) is 11.3 Å². The van der Waals surface area contributed by atoms with Crippen LogP contribution in [0.5, 0.6) is 0 Å². The van der Waals surface area contributed by atoms with Gasteiger partial charge < -0.3 is 5.73 Å². The Bertz CT molecular complexity index is 501. The van der Waals surface area contributed by atoms with Crippen LogP contribution in [0.15, 0.2) is 24.3 Å². The highest BCUT2D eigenvalue weighted by molar-refractivity contribution is 7.88.